The van der Waals surface area contributed by atoms with Crippen molar-refractivity contribution in [1.82, 2.24) is 10.2 Å². The fourth-order valence-electron chi connectivity index (χ4n) is 3.56. The Morgan fingerprint density at radius 2 is 1.94 bits per heavy atom. The van der Waals surface area contributed by atoms with Crippen molar-refractivity contribution in [2.45, 2.75) is 31.9 Å². The Balaban J connectivity index is 1.44. The lowest BCUT2D eigenvalue weighted by Crippen LogP contribution is -2.45. The van der Waals surface area contributed by atoms with E-state index < -0.39 is 0 Å². The monoisotopic (exact) mass is 446 g/mol. The number of amides is 1. The van der Waals surface area contributed by atoms with E-state index in [1.165, 1.54) is 0 Å². The van der Waals surface area contributed by atoms with E-state index >= 15 is 0 Å². The molecule has 0 radical (unpaired) electrons. The van der Waals surface area contributed by atoms with Gasteiger partial charge in [0.25, 0.3) is 5.91 Å². The van der Waals surface area contributed by atoms with Gasteiger partial charge in [0.05, 0.1) is 11.6 Å². The molecule has 1 aliphatic heterocycles. The molecule has 1 fully saturated rings. The largest absolute Gasteiger partial charge is 0.492 e. The van der Waals surface area contributed by atoms with Gasteiger partial charge in [-0.15, -0.1) is 0 Å². The second-order valence-electron chi connectivity index (χ2n) is 7.72. The summed E-state index contributed by atoms with van der Waals surface area (Å²) >= 11 is 6.38. The molecule has 0 aliphatic carbocycles. The number of rotatable bonds is 10. The van der Waals surface area contributed by atoms with Crippen LogP contribution in [-0.2, 0) is 4.74 Å². The fourth-order valence-corrected chi connectivity index (χ4v) is 3.78. The molecule has 1 N–H and O–H groups in total. The van der Waals surface area contributed by atoms with Gasteiger partial charge in [0.2, 0.25) is 0 Å². The van der Waals surface area contributed by atoms with E-state index in [2.05, 4.69) is 17.1 Å². The van der Waals surface area contributed by atoms with Crippen molar-refractivity contribution in [2.75, 3.05) is 40.0 Å². The number of ether oxygens (including phenoxy) is 3. The molecule has 3 rings (SSSR count). The third kappa shape index (κ3) is 7.13. The van der Waals surface area contributed by atoms with E-state index in [0.29, 0.717) is 42.1 Å². The Morgan fingerprint density at radius 3 is 2.61 bits per heavy atom. The van der Waals surface area contributed by atoms with Crippen LogP contribution < -0.4 is 14.8 Å². The van der Waals surface area contributed by atoms with Crippen molar-refractivity contribution in [1.29, 1.82) is 0 Å². The van der Waals surface area contributed by atoms with E-state index in [1.807, 2.05) is 30.3 Å². The summed E-state index contributed by atoms with van der Waals surface area (Å²) < 4.78 is 17.0. The van der Waals surface area contributed by atoms with Crippen LogP contribution in [0.25, 0.3) is 0 Å². The molecule has 1 heterocycles. The summed E-state index contributed by atoms with van der Waals surface area (Å²) in [5, 5.41) is 3.24. The Kier molecular flexibility index (Phi) is 9.00. The summed E-state index contributed by atoms with van der Waals surface area (Å²) in [4.78, 5) is 14.6. The molecule has 31 heavy (non-hydrogen) atoms. The molecule has 1 aliphatic rings. The first-order valence-corrected chi connectivity index (χ1v) is 11.1. The third-order valence-electron chi connectivity index (χ3n) is 5.41. The van der Waals surface area contributed by atoms with Gasteiger partial charge in [-0.3, -0.25) is 9.69 Å². The van der Waals surface area contributed by atoms with Crippen molar-refractivity contribution in [3.63, 3.8) is 0 Å². The minimum absolute atomic E-state index is 0.109. The smallest absolute Gasteiger partial charge is 0.251 e. The summed E-state index contributed by atoms with van der Waals surface area (Å²) in [6.45, 7) is 5.67. The van der Waals surface area contributed by atoms with Crippen molar-refractivity contribution in [3.8, 4) is 11.5 Å². The molecular weight excluding hydrogens is 416 g/mol. The lowest BCUT2D eigenvalue weighted by molar-refractivity contribution is 0.0637. The molecule has 168 valence electrons. The van der Waals surface area contributed by atoms with Gasteiger partial charge < -0.3 is 19.5 Å². The number of benzene rings is 2. The molecule has 0 unspecified atom stereocenters. The molecular formula is C24H31ClN2O4. The zero-order chi connectivity index (χ0) is 22.1. The van der Waals surface area contributed by atoms with Crippen LogP contribution in [0.5, 0.6) is 11.5 Å². The van der Waals surface area contributed by atoms with Crippen LogP contribution in [0.1, 0.15) is 30.1 Å². The van der Waals surface area contributed by atoms with Crippen molar-refractivity contribution < 1.29 is 19.0 Å². The number of hydrogen-bond acceptors (Lipinski definition) is 5. The zero-order valence-corrected chi connectivity index (χ0v) is 18.9. The average molecular weight is 447 g/mol. The topological polar surface area (TPSA) is 60.0 Å². The van der Waals surface area contributed by atoms with Crippen LogP contribution >= 0.6 is 11.6 Å². The van der Waals surface area contributed by atoms with Gasteiger partial charge in [0, 0.05) is 38.3 Å². The first-order chi connectivity index (χ1) is 15.1. The zero-order valence-electron chi connectivity index (χ0n) is 18.2. The number of carbonyl (C=O) groups excluding carboxylic acids is 1. The predicted octanol–water partition coefficient (Wildman–Crippen LogP) is 4.03. The molecule has 0 bridgehead atoms. The predicted molar refractivity (Wildman–Crippen MR) is 122 cm³/mol. The number of hydrogen-bond donors (Lipinski definition) is 1. The van der Waals surface area contributed by atoms with Crippen molar-refractivity contribution in [3.05, 3.63) is 59.1 Å². The molecule has 1 atom stereocenters. The molecule has 1 amide bonds. The van der Waals surface area contributed by atoms with E-state index in [4.69, 9.17) is 25.8 Å². The van der Waals surface area contributed by atoms with Crippen LogP contribution in [0.2, 0.25) is 5.02 Å². The fraction of sp³-hybridized carbons (Fsp3) is 0.458. The van der Waals surface area contributed by atoms with Gasteiger partial charge >= 0.3 is 0 Å². The molecule has 2 aromatic carbocycles. The second kappa shape index (κ2) is 11.9. The van der Waals surface area contributed by atoms with Crippen LogP contribution in [0, 0.1) is 0 Å². The molecule has 7 heteroatoms. The summed E-state index contributed by atoms with van der Waals surface area (Å²) in [7, 11) is 1.60. The van der Waals surface area contributed by atoms with Crippen molar-refractivity contribution in [2.24, 2.45) is 0 Å². The molecule has 0 spiro atoms. The Labute approximate surface area is 189 Å². The van der Waals surface area contributed by atoms with Gasteiger partial charge in [-0.25, -0.2) is 0 Å². The number of likely N-dealkylation sites (tertiary alicyclic amines) is 1. The number of halogens is 1. The molecule has 0 aromatic heterocycles. The number of nitrogens with one attached hydrogen (secondary N) is 1. The van der Waals surface area contributed by atoms with Crippen LogP contribution in [0.4, 0.5) is 0 Å². The second-order valence-corrected chi connectivity index (χ2v) is 8.13. The number of para-hydroxylation sites is 1. The van der Waals surface area contributed by atoms with Crippen LogP contribution in [0.15, 0.2) is 48.5 Å². The van der Waals surface area contributed by atoms with Gasteiger partial charge in [0.1, 0.15) is 24.2 Å². The maximum absolute atomic E-state index is 12.1. The minimum atomic E-state index is -0.175. The van der Waals surface area contributed by atoms with Gasteiger partial charge in [-0.2, -0.15) is 0 Å². The Bertz CT molecular complexity index is 826. The highest BCUT2D eigenvalue weighted by molar-refractivity contribution is 6.32. The number of carbonyl (C=O) groups is 1. The molecule has 2 aromatic rings. The first-order valence-electron chi connectivity index (χ1n) is 10.7. The van der Waals surface area contributed by atoms with Crippen LogP contribution in [0.3, 0.4) is 0 Å². The Hall–Kier alpha value is -2.28. The summed E-state index contributed by atoms with van der Waals surface area (Å²) in [5.41, 5.74) is 0.510. The normalized spacial score (nSPS) is 16.0. The SMILES string of the molecule is COCCNC(=O)c1ccc(OC2CCN([C@H](C)COc3ccccc3)CC2)c(Cl)c1. The lowest BCUT2D eigenvalue weighted by Gasteiger charge is -2.36. The van der Waals surface area contributed by atoms with Crippen molar-refractivity contribution >= 4 is 17.5 Å². The lowest BCUT2D eigenvalue weighted by atomic mass is 10.1. The molecule has 1 saturated heterocycles. The first kappa shape index (κ1) is 23.4. The van der Waals surface area contributed by atoms with Gasteiger partial charge in [-0.05, 0) is 50.1 Å². The summed E-state index contributed by atoms with van der Waals surface area (Å²) in [6.07, 6.45) is 1.95. The highest BCUT2D eigenvalue weighted by atomic mass is 35.5. The average Bonchev–Trinajstić information content (AvgIpc) is 2.80. The maximum Gasteiger partial charge on any atom is 0.251 e. The third-order valence-corrected chi connectivity index (χ3v) is 5.71. The molecule has 6 nitrogen and oxygen atoms in total. The van der Waals surface area contributed by atoms with E-state index in [0.717, 1.165) is 31.7 Å². The van der Waals surface area contributed by atoms with E-state index in [1.54, 1.807) is 25.3 Å². The summed E-state index contributed by atoms with van der Waals surface area (Å²) in [5.74, 6) is 1.34. The van der Waals surface area contributed by atoms with E-state index in [-0.39, 0.29) is 12.0 Å². The van der Waals surface area contributed by atoms with E-state index in [9.17, 15) is 4.79 Å². The van der Waals surface area contributed by atoms with Gasteiger partial charge in [0.15, 0.2) is 0 Å². The standard InChI is InChI=1S/C24H31ClN2O4/c1-18(17-30-20-6-4-3-5-7-20)27-13-10-21(11-14-27)31-23-9-8-19(16-22(23)25)24(28)26-12-15-29-2/h3-9,16,18,21H,10-15,17H2,1-2H3,(H,26,28)/t18-/m1/s1. The minimum Gasteiger partial charge on any atom is -0.492 e. The van der Waals surface area contributed by atoms with Crippen LogP contribution in [-0.4, -0.2) is 62.9 Å². The highest BCUT2D eigenvalue weighted by Gasteiger charge is 2.25. The number of nitrogens with zero attached hydrogens (tertiary/aromatic N) is 1. The number of piperidine rings is 1. The highest BCUT2D eigenvalue weighted by Crippen LogP contribution is 2.29. The van der Waals surface area contributed by atoms with Gasteiger partial charge in [-0.1, -0.05) is 29.8 Å². The maximum atomic E-state index is 12.1. The summed E-state index contributed by atoms with van der Waals surface area (Å²) in [6, 6.07) is 15.4. The number of methoxy groups -OCH3 is 1. The Morgan fingerprint density at radius 1 is 1.19 bits per heavy atom. The quantitative estimate of drug-likeness (QED) is 0.558. The molecule has 0 saturated carbocycles.